The van der Waals surface area contributed by atoms with E-state index < -0.39 is 7.82 Å². The fraction of sp³-hybridized carbons (Fsp3) is 0.200. The van der Waals surface area contributed by atoms with E-state index in [4.69, 9.17) is 13.6 Å². The average Bonchev–Trinajstić information content (AvgIpc) is 2.14. The topological polar surface area (TPSA) is 102 Å². The van der Waals surface area contributed by atoms with Crippen molar-refractivity contribution >= 4 is 7.82 Å². The Morgan fingerprint density at radius 1 is 1.08 bits per heavy atom. The number of hydrogen-bond donors (Lipinski definition) is 0. The second-order valence-corrected chi connectivity index (χ2v) is 3.89. The molecule has 0 radical (unpaired) electrons. The Balaban J connectivity index is 0.000000653. The fourth-order valence-corrected chi connectivity index (χ4v) is 2.21. The van der Waals surface area contributed by atoms with Crippen molar-refractivity contribution in [2.45, 2.75) is 6.92 Å². The first-order valence-corrected chi connectivity index (χ1v) is 4.70. The third-order valence-corrected chi connectivity index (χ3v) is 2.75. The van der Waals surface area contributed by atoms with Gasteiger partial charge in [-0.15, -0.1) is 0 Å². The second kappa shape index (κ2) is 2.12. The van der Waals surface area contributed by atoms with E-state index in [1.165, 1.54) is 0 Å². The number of aryl methyl sites for hydroxylation is 1. The molecule has 3 heterocycles. The van der Waals surface area contributed by atoms with Crippen molar-refractivity contribution < 1.29 is 23.6 Å². The van der Waals surface area contributed by atoms with Gasteiger partial charge in [0.05, 0.1) is 0 Å². The molecule has 2 aliphatic rings. The summed E-state index contributed by atoms with van der Waals surface area (Å²) >= 11 is 0. The molecular weight excluding hydrogens is 199 g/mol. The minimum absolute atomic E-state index is 0. The standard InChI is InChI=1S/C5H3N2O4P.H2O/c1-2-3-7-5-4(6-2)10-12(8,9-3)11-5;/h1H3;1H2. The van der Waals surface area contributed by atoms with Gasteiger partial charge < -0.3 is 19.0 Å². The van der Waals surface area contributed by atoms with Gasteiger partial charge in [-0.25, -0.2) is 4.98 Å². The summed E-state index contributed by atoms with van der Waals surface area (Å²) in [5.41, 5.74) is 0.551. The van der Waals surface area contributed by atoms with Gasteiger partial charge in [-0.05, 0) is 6.92 Å². The fourth-order valence-electron chi connectivity index (χ4n) is 1.05. The predicted molar refractivity (Wildman–Crippen MR) is 39.9 cm³/mol. The highest BCUT2D eigenvalue weighted by Crippen LogP contribution is 2.61. The van der Waals surface area contributed by atoms with Crippen molar-refractivity contribution in [2.75, 3.05) is 0 Å². The van der Waals surface area contributed by atoms with Crippen LogP contribution >= 0.6 is 7.82 Å². The summed E-state index contributed by atoms with van der Waals surface area (Å²) in [5, 5.41) is 0. The van der Waals surface area contributed by atoms with Gasteiger partial charge in [-0.2, -0.15) is 9.55 Å². The molecule has 1 aromatic heterocycles. The molecule has 3 rings (SSSR count). The van der Waals surface area contributed by atoms with Crippen LogP contribution in [-0.2, 0) is 4.57 Å². The average molecular weight is 204 g/mol. The molecule has 0 fully saturated rings. The zero-order valence-electron chi connectivity index (χ0n) is 6.47. The lowest BCUT2D eigenvalue weighted by Crippen LogP contribution is -2.05. The monoisotopic (exact) mass is 204 g/mol. The summed E-state index contributed by atoms with van der Waals surface area (Å²) in [4.78, 5) is 7.79. The molecule has 0 spiro atoms. The van der Waals surface area contributed by atoms with E-state index >= 15 is 0 Å². The van der Waals surface area contributed by atoms with E-state index in [0.29, 0.717) is 5.69 Å². The minimum Gasteiger partial charge on any atom is -0.412 e. The zero-order chi connectivity index (χ0) is 8.34. The summed E-state index contributed by atoms with van der Waals surface area (Å²) < 4.78 is 25.8. The number of phosphoric acid groups is 1. The Bertz CT molecular complexity index is 427. The Hall–Kier alpha value is -1.33. The van der Waals surface area contributed by atoms with Crippen molar-refractivity contribution in [3.8, 4) is 17.6 Å². The van der Waals surface area contributed by atoms with Crippen molar-refractivity contribution in [3.05, 3.63) is 5.69 Å². The highest BCUT2D eigenvalue weighted by molar-refractivity contribution is 7.50. The highest BCUT2D eigenvalue weighted by Gasteiger charge is 2.48. The third kappa shape index (κ3) is 0.911. The first-order chi connectivity index (χ1) is 5.66. The van der Waals surface area contributed by atoms with Crippen LogP contribution in [0.25, 0.3) is 0 Å². The van der Waals surface area contributed by atoms with Crippen LogP contribution in [0.2, 0.25) is 0 Å². The van der Waals surface area contributed by atoms with Crippen LogP contribution in [-0.4, -0.2) is 15.4 Å². The van der Waals surface area contributed by atoms with Crippen LogP contribution in [0.5, 0.6) is 17.6 Å². The summed E-state index contributed by atoms with van der Waals surface area (Å²) in [5.74, 6) is 0.531. The number of hydrogen-bond acceptors (Lipinski definition) is 6. The smallest absolute Gasteiger partial charge is 0.412 e. The molecule has 3 bridgehead atoms. The lowest BCUT2D eigenvalue weighted by atomic mass is 10.5. The molecule has 70 valence electrons. The van der Waals surface area contributed by atoms with Crippen LogP contribution < -0.4 is 13.6 Å². The molecule has 8 heteroatoms. The first kappa shape index (κ1) is 8.28. The Morgan fingerprint density at radius 2 is 1.62 bits per heavy atom. The number of nitrogens with zero attached hydrogens (tertiary/aromatic N) is 2. The van der Waals surface area contributed by atoms with Gasteiger partial charge in [-0.1, -0.05) is 0 Å². The largest absolute Gasteiger partial charge is 0.651 e. The molecule has 2 aliphatic heterocycles. The van der Waals surface area contributed by atoms with E-state index in [1.54, 1.807) is 6.92 Å². The van der Waals surface area contributed by atoms with Crippen molar-refractivity contribution in [1.82, 2.24) is 9.97 Å². The molecule has 2 N–H and O–H groups in total. The molecule has 0 amide bonds. The Morgan fingerprint density at radius 3 is 2.31 bits per heavy atom. The number of fused-ring (bicyclic) bond motifs is 2. The molecule has 1 unspecified atom stereocenters. The van der Waals surface area contributed by atoms with Crippen molar-refractivity contribution in [1.29, 1.82) is 0 Å². The Labute approximate surface area is 72.6 Å². The van der Waals surface area contributed by atoms with E-state index in [0.717, 1.165) is 0 Å². The van der Waals surface area contributed by atoms with Gasteiger partial charge in [0.25, 0.3) is 17.6 Å². The van der Waals surface area contributed by atoms with Gasteiger partial charge in [0, 0.05) is 0 Å². The van der Waals surface area contributed by atoms with Gasteiger partial charge in [0.15, 0.2) is 0 Å². The number of aromatic nitrogens is 2. The molecule has 0 saturated heterocycles. The van der Waals surface area contributed by atoms with Crippen LogP contribution in [0.15, 0.2) is 0 Å². The highest BCUT2D eigenvalue weighted by atomic mass is 31.2. The molecule has 0 aliphatic carbocycles. The van der Waals surface area contributed by atoms with Crippen molar-refractivity contribution in [3.63, 3.8) is 0 Å². The van der Waals surface area contributed by atoms with Gasteiger partial charge in [0.2, 0.25) is 0 Å². The van der Waals surface area contributed by atoms with Crippen LogP contribution in [0.1, 0.15) is 5.69 Å². The lowest BCUT2D eigenvalue weighted by Gasteiger charge is -2.11. The molecule has 1 atom stereocenters. The third-order valence-electron chi connectivity index (χ3n) is 1.56. The molecule has 13 heavy (non-hydrogen) atoms. The maximum Gasteiger partial charge on any atom is 0.651 e. The van der Waals surface area contributed by atoms with Crippen molar-refractivity contribution in [2.24, 2.45) is 0 Å². The summed E-state index contributed by atoms with van der Waals surface area (Å²) in [6.45, 7) is 1.69. The summed E-state index contributed by atoms with van der Waals surface area (Å²) in [6.07, 6.45) is 0. The quantitative estimate of drug-likeness (QED) is 0.560. The van der Waals surface area contributed by atoms with Gasteiger partial charge >= 0.3 is 7.82 Å². The molecule has 0 aromatic carbocycles. The second-order valence-electron chi connectivity index (χ2n) is 2.45. The maximum atomic E-state index is 11.4. The van der Waals surface area contributed by atoms with E-state index in [1.807, 2.05) is 0 Å². The van der Waals surface area contributed by atoms with Crippen LogP contribution in [0.4, 0.5) is 0 Å². The number of rotatable bonds is 0. The molecule has 7 nitrogen and oxygen atoms in total. The molecule has 1 aromatic rings. The van der Waals surface area contributed by atoms with Crippen LogP contribution in [0, 0.1) is 6.92 Å². The normalized spacial score (nSPS) is 25.6. The summed E-state index contributed by atoms with van der Waals surface area (Å²) in [7, 11) is -3.43. The molecule has 0 saturated carbocycles. The predicted octanol–water partition coefficient (Wildman–Crippen LogP) is 0.232. The molecular formula is C5H5N2O5P. The lowest BCUT2D eigenvalue weighted by molar-refractivity contribution is 0.312. The SMILES string of the molecule is Cc1nc2c3nc1OP(=O)(O2)O3.O. The maximum absolute atomic E-state index is 11.4. The zero-order valence-corrected chi connectivity index (χ0v) is 7.37. The first-order valence-electron chi connectivity index (χ1n) is 3.24. The van der Waals surface area contributed by atoms with Gasteiger partial charge in [0.1, 0.15) is 5.69 Å². The van der Waals surface area contributed by atoms with Gasteiger partial charge in [-0.3, -0.25) is 0 Å². The minimum atomic E-state index is -3.43. The summed E-state index contributed by atoms with van der Waals surface area (Å²) in [6, 6.07) is 0. The van der Waals surface area contributed by atoms with E-state index in [9.17, 15) is 4.57 Å². The Kier molecular flexibility index (Phi) is 1.35. The van der Waals surface area contributed by atoms with Crippen LogP contribution in [0.3, 0.4) is 0 Å². The van der Waals surface area contributed by atoms with E-state index in [-0.39, 0.29) is 23.1 Å². The number of phosphoric ester groups is 1. The van der Waals surface area contributed by atoms with E-state index in [2.05, 4.69) is 9.97 Å².